The molecule has 1 unspecified atom stereocenters. The zero-order valence-corrected chi connectivity index (χ0v) is 32.0. The maximum absolute atomic E-state index is 6.83. The smallest absolute Gasteiger partial charge is 0.137 e. The van der Waals surface area contributed by atoms with Crippen LogP contribution in [-0.4, -0.2) is 19.3 Å². The van der Waals surface area contributed by atoms with Crippen LogP contribution in [0.1, 0.15) is 108 Å². The van der Waals surface area contributed by atoms with Crippen molar-refractivity contribution in [3.63, 3.8) is 0 Å². The van der Waals surface area contributed by atoms with E-state index < -0.39 is 0 Å². The van der Waals surface area contributed by atoms with E-state index in [1.807, 2.05) is 6.20 Å². The van der Waals surface area contributed by atoms with Gasteiger partial charge in [0.15, 0.2) is 0 Å². The summed E-state index contributed by atoms with van der Waals surface area (Å²) in [7, 11) is 0. The third kappa shape index (κ3) is 6.88. The standard InChI is InChI=1S/C46H54N4O/c1-28(2)21-34-19-20-47-44(23-34)49-41-16-11-10-15-39(41)40-18-17-37(27-42(40)49)51-38-25-35(30(5)6)24-36(26-38)50-43(22-29(3)4)46(33(9)48-50)45-31(7)13-12-14-32(45)8/h10-11,13,15-20,23-30,32,45H,12,14,21-22H2,1-9H3/t32-,45?/m0/s1. The third-order valence-corrected chi connectivity index (χ3v) is 10.7. The fraction of sp³-hybridized carbons (Fsp3) is 0.391. The molecule has 6 aromatic rings. The number of hydrogen-bond acceptors (Lipinski definition) is 3. The summed E-state index contributed by atoms with van der Waals surface area (Å²) < 4.78 is 11.3. The van der Waals surface area contributed by atoms with Crippen molar-refractivity contribution in [2.45, 2.75) is 99.8 Å². The molecule has 1 aliphatic carbocycles. The van der Waals surface area contributed by atoms with E-state index in [1.165, 1.54) is 51.6 Å². The van der Waals surface area contributed by atoms with Crippen LogP contribution in [0.5, 0.6) is 11.5 Å². The molecule has 0 aliphatic heterocycles. The highest BCUT2D eigenvalue weighted by Gasteiger charge is 2.31. The van der Waals surface area contributed by atoms with Crippen molar-refractivity contribution in [1.29, 1.82) is 0 Å². The van der Waals surface area contributed by atoms with Crippen LogP contribution >= 0.6 is 0 Å². The second kappa shape index (κ2) is 14.2. The maximum Gasteiger partial charge on any atom is 0.137 e. The monoisotopic (exact) mass is 678 g/mol. The van der Waals surface area contributed by atoms with Crippen LogP contribution in [0, 0.1) is 24.7 Å². The molecule has 264 valence electrons. The summed E-state index contributed by atoms with van der Waals surface area (Å²) in [6, 6.07) is 26.1. The van der Waals surface area contributed by atoms with Gasteiger partial charge in [0.25, 0.3) is 0 Å². The Hall–Kier alpha value is -4.64. The lowest BCUT2D eigenvalue weighted by molar-refractivity contribution is 0.444. The molecule has 0 fully saturated rings. The molecule has 0 amide bonds. The van der Waals surface area contributed by atoms with Crippen molar-refractivity contribution in [2.75, 3.05) is 0 Å². The number of rotatable bonds is 10. The number of aromatic nitrogens is 4. The molecule has 2 atom stereocenters. The van der Waals surface area contributed by atoms with Crippen LogP contribution in [0.4, 0.5) is 0 Å². The molecule has 0 radical (unpaired) electrons. The van der Waals surface area contributed by atoms with Crippen molar-refractivity contribution >= 4 is 21.8 Å². The molecule has 0 saturated heterocycles. The summed E-state index contributed by atoms with van der Waals surface area (Å²) in [5.74, 6) is 4.96. The van der Waals surface area contributed by atoms with E-state index in [-0.39, 0.29) is 0 Å². The van der Waals surface area contributed by atoms with Crippen molar-refractivity contribution in [3.05, 3.63) is 119 Å². The Morgan fingerprint density at radius 2 is 1.57 bits per heavy atom. The maximum atomic E-state index is 6.83. The second-order valence-electron chi connectivity index (χ2n) is 16.1. The van der Waals surface area contributed by atoms with E-state index in [9.17, 15) is 0 Å². The Balaban J connectivity index is 1.34. The lowest BCUT2D eigenvalue weighted by Gasteiger charge is -2.30. The van der Waals surface area contributed by atoms with Gasteiger partial charge in [0.05, 0.1) is 22.4 Å². The Morgan fingerprint density at radius 1 is 0.804 bits per heavy atom. The first-order chi connectivity index (χ1) is 24.5. The van der Waals surface area contributed by atoms with Crippen molar-refractivity contribution in [1.82, 2.24) is 19.3 Å². The van der Waals surface area contributed by atoms with Gasteiger partial charge in [-0.3, -0.25) is 4.57 Å². The molecule has 0 saturated carbocycles. The van der Waals surface area contributed by atoms with Gasteiger partial charge in [0, 0.05) is 46.3 Å². The molecule has 51 heavy (non-hydrogen) atoms. The number of pyridine rings is 1. The van der Waals surface area contributed by atoms with E-state index in [1.54, 1.807) is 0 Å². The molecular weight excluding hydrogens is 625 g/mol. The number of allylic oxidation sites excluding steroid dienone is 2. The summed E-state index contributed by atoms with van der Waals surface area (Å²) in [5.41, 5.74) is 11.2. The molecule has 0 N–H and O–H groups in total. The van der Waals surface area contributed by atoms with Gasteiger partial charge in [-0.1, -0.05) is 78.3 Å². The highest BCUT2D eigenvalue weighted by molar-refractivity contribution is 6.09. The van der Waals surface area contributed by atoms with Gasteiger partial charge in [0.2, 0.25) is 0 Å². The van der Waals surface area contributed by atoms with Crippen molar-refractivity contribution < 1.29 is 4.74 Å². The van der Waals surface area contributed by atoms with Crippen LogP contribution in [0.25, 0.3) is 33.3 Å². The predicted octanol–water partition coefficient (Wildman–Crippen LogP) is 12.4. The molecule has 1 aliphatic rings. The van der Waals surface area contributed by atoms with Crippen LogP contribution in [0.2, 0.25) is 0 Å². The fourth-order valence-corrected chi connectivity index (χ4v) is 8.32. The van der Waals surface area contributed by atoms with E-state index in [0.717, 1.165) is 52.6 Å². The summed E-state index contributed by atoms with van der Waals surface area (Å²) in [4.78, 5) is 4.87. The highest BCUT2D eigenvalue weighted by Crippen LogP contribution is 2.43. The molecule has 0 bridgehead atoms. The van der Waals surface area contributed by atoms with Crippen LogP contribution in [0.3, 0.4) is 0 Å². The normalized spacial score (nSPS) is 16.6. The largest absolute Gasteiger partial charge is 0.457 e. The summed E-state index contributed by atoms with van der Waals surface area (Å²) >= 11 is 0. The Kier molecular flexibility index (Phi) is 9.67. The first kappa shape index (κ1) is 34.8. The van der Waals surface area contributed by atoms with E-state index >= 15 is 0 Å². The SMILES string of the molecule is CC1=CCC[C@H](C)C1c1c(C)nn(-c2cc(Oc3ccc4c5ccccc5n(-c5cc(CC(C)C)ccn5)c4c3)cc(C(C)C)c2)c1CC(C)C. The van der Waals surface area contributed by atoms with Gasteiger partial charge in [0.1, 0.15) is 17.3 Å². The number of nitrogens with zero attached hydrogens (tertiary/aromatic N) is 4. The zero-order chi connectivity index (χ0) is 36.0. The van der Waals surface area contributed by atoms with Gasteiger partial charge in [-0.2, -0.15) is 5.10 Å². The second-order valence-corrected chi connectivity index (χ2v) is 16.1. The number of ether oxygens (including phenoxy) is 1. The van der Waals surface area contributed by atoms with Gasteiger partial charge >= 0.3 is 0 Å². The Morgan fingerprint density at radius 3 is 2.31 bits per heavy atom. The highest BCUT2D eigenvalue weighted by atomic mass is 16.5. The van der Waals surface area contributed by atoms with Crippen LogP contribution in [-0.2, 0) is 12.8 Å². The molecule has 5 heteroatoms. The number of fused-ring (bicyclic) bond motifs is 3. The van der Waals surface area contributed by atoms with Gasteiger partial charge in [-0.15, -0.1) is 0 Å². The lowest BCUT2D eigenvalue weighted by Crippen LogP contribution is -2.18. The minimum absolute atomic E-state index is 0.328. The molecule has 5 nitrogen and oxygen atoms in total. The minimum Gasteiger partial charge on any atom is -0.457 e. The first-order valence-electron chi connectivity index (χ1n) is 19.0. The number of aryl methyl sites for hydroxylation is 1. The molecule has 0 spiro atoms. The Bertz CT molecular complexity index is 2230. The van der Waals surface area contributed by atoms with Gasteiger partial charge in [-0.05, 0) is 117 Å². The summed E-state index contributed by atoms with van der Waals surface area (Å²) in [6.45, 7) is 20.6. The predicted molar refractivity (Wildman–Crippen MR) is 213 cm³/mol. The van der Waals surface area contributed by atoms with Gasteiger partial charge < -0.3 is 4.74 Å². The lowest BCUT2D eigenvalue weighted by atomic mass is 9.74. The molecule has 3 aromatic carbocycles. The van der Waals surface area contributed by atoms with E-state index in [4.69, 9.17) is 14.8 Å². The zero-order valence-electron chi connectivity index (χ0n) is 32.0. The third-order valence-electron chi connectivity index (χ3n) is 10.7. The summed E-state index contributed by atoms with van der Waals surface area (Å²) in [5, 5.41) is 7.68. The first-order valence-corrected chi connectivity index (χ1v) is 19.0. The molecule has 7 rings (SSSR count). The Labute approximate surface area is 304 Å². The molecular formula is C46H54N4O. The average molecular weight is 679 g/mol. The summed E-state index contributed by atoms with van der Waals surface area (Å²) in [6.07, 6.45) is 8.76. The number of benzene rings is 3. The van der Waals surface area contributed by atoms with E-state index in [0.29, 0.717) is 29.6 Å². The van der Waals surface area contributed by atoms with Crippen LogP contribution in [0.15, 0.2) is 90.6 Å². The van der Waals surface area contributed by atoms with Crippen LogP contribution < -0.4 is 4.74 Å². The number of para-hydroxylation sites is 1. The topological polar surface area (TPSA) is 44.9 Å². The average Bonchev–Trinajstić information content (AvgIpc) is 3.57. The molecule has 3 aromatic heterocycles. The van der Waals surface area contributed by atoms with Crippen molar-refractivity contribution in [3.8, 4) is 23.0 Å². The van der Waals surface area contributed by atoms with Crippen molar-refractivity contribution in [2.24, 2.45) is 17.8 Å². The minimum atomic E-state index is 0.328. The quantitative estimate of drug-likeness (QED) is 0.135. The van der Waals surface area contributed by atoms with Gasteiger partial charge in [-0.25, -0.2) is 9.67 Å². The number of hydrogen-bond donors (Lipinski definition) is 0. The molecule has 3 heterocycles. The van der Waals surface area contributed by atoms with E-state index in [2.05, 4.69) is 150 Å². The fourth-order valence-electron chi connectivity index (χ4n) is 8.32.